The first-order valence-electron chi connectivity index (χ1n) is 5.70. The maximum absolute atomic E-state index is 12.0. The quantitative estimate of drug-likeness (QED) is 0.621. The number of hydrogen-bond acceptors (Lipinski definition) is 3. The largest absolute Gasteiger partial charge is 0.292 e. The summed E-state index contributed by atoms with van der Waals surface area (Å²) in [7, 11) is 0. The Morgan fingerprint density at radius 3 is 2.50 bits per heavy atom. The molecule has 0 atom stereocenters. The summed E-state index contributed by atoms with van der Waals surface area (Å²) in [5, 5.41) is 0.456. The topological polar surface area (TPSA) is 54.5 Å². The molecule has 2 amide bonds. The lowest BCUT2D eigenvalue weighted by Crippen LogP contribution is -2.43. The summed E-state index contributed by atoms with van der Waals surface area (Å²) >= 11 is 5.79. The highest BCUT2D eigenvalue weighted by atomic mass is 35.5. The van der Waals surface area contributed by atoms with Gasteiger partial charge in [0.2, 0.25) is 11.8 Å². The Balaban J connectivity index is 2.11. The fraction of sp³-hybridized carbons (Fsp3) is 0.308. The van der Waals surface area contributed by atoms with Gasteiger partial charge in [-0.15, -0.1) is 0 Å². The Hall–Kier alpha value is -1.68. The second kappa shape index (κ2) is 5.31. The van der Waals surface area contributed by atoms with Crippen molar-refractivity contribution >= 4 is 29.2 Å². The smallest absolute Gasteiger partial charge is 0.229 e. The van der Waals surface area contributed by atoms with Gasteiger partial charge in [-0.2, -0.15) is 0 Å². The van der Waals surface area contributed by atoms with Crippen molar-refractivity contribution in [3.63, 3.8) is 0 Å². The van der Waals surface area contributed by atoms with E-state index in [2.05, 4.69) is 0 Å². The van der Waals surface area contributed by atoms with E-state index in [-0.39, 0.29) is 24.1 Å². The van der Waals surface area contributed by atoms with Crippen LogP contribution in [0.25, 0.3) is 0 Å². The van der Waals surface area contributed by atoms with Crippen molar-refractivity contribution in [2.45, 2.75) is 19.3 Å². The zero-order valence-electron chi connectivity index (χ0n) is 9.69. The molecule has 1 aliphatic heterocycles. The van der Waals surface area contributed by atoms with Crippen molar-refractivity contribution in [1.82, 2.24) is 4.90 Å². The number of amides is 2. The number of ketones is 1. The van der Waals surface area contributed by atoms with E-state index in [9.17, 15) is 14.4 Å². The standard InChI is InChI=1S/C13H12ClNO3/c14-10-4-1-3-9(7-10)11(16)8-15-12(17)5-2-6-13(15)18/h1,3-4,7H,2,5-6,8H2. The number of rotatable bonds is 3. The van der Waals surface area contributed by atoms with E-state index >= 15 is 0 Å². The van der Waals surface area contributed by atoms with Gasteiger partial charge in [-0.1, -0.05) is 23.7 Å². The van der Waals surface area contributed by atoms with E-state index in [1.165, 1.54) is 6.07 Å². The molecule has 1 heterocycles. The molecule has 1 aliphatic rings. The summed E-state index contributed by atoms with van der Waals surface area (Å²) in [6.07, 6.45) is 1.22. The normalized spacial score (nSPS) is 15.9. The van der Waals surface area contributed by atoms with Crippen molar-refractivity contribution in [3.8, 4) is 0 Å². The van der Waals surface area contributed by atoms with Crippen LogP contribution in [0.4, 0.5) is 0 Å². The maximum atomic E-state index is 12.0. The first kappa shape index (κ1) is 12.8. The average Bonchev–Trinajstić information content (AvgIpc) is 2.34. The number of hydrogen-bond donors (Lipinski definition) is 0. The number of Topliss-reactive ketones (excluding diaryl/α,β-unsaturated/α-hetero) is 1. The van der Waals surface area contributed by atoms with E-state index < -0.39 is 0 Å². The zero-order chi connectivity index (χ0) is 13.1. The second-order valence-corrected chi connectivity index (χ2v) is 4.60. The van der Waals surface area contributed by atoms with E-state index in [0.29, 0.717) is 29.8 Å². The molecule has 0 N–H and O–H groups in total. The molecule has 0 radical (unpaired) electrons. The van der Waals surface area contributed by atoms with E-state index in [0.717, 1.165) is 4.90 Å². The fourth-order valence-electron chi connectivity index (χ4n) is 1.87. The Morgan fingerprint density at radius 2 is 1.89 bits per heavy atom. The van der Waals surface area contributed by atoms with Crippen LogP contribution in [0.15, 0.2) is 24.3 Å². The third-order valence-corrected chi connectivity index (χ3v) is 3.07. The van der Waals surface area contributed by atoms with Crippen LogP contribution in [0.1, 0.15) is 29.6 Å². The van der Waals surface area contributed by atoms with Gasteiger partial charge in [-0.05, 0) is 18.6 Å². The van der Waals surface area contributed by atoms with Crippen LogP contribution in [0.3, 0.4) is 0 Å². The molecular formula is C13H12ClNO3. The molecule has 0 aromatic heterocycles. The highest BCUT2D eigenvalue weighted by Crippen LogP contribution is 2.15. The molecule has 0 aliphatic carbocycles. The molecule has 1 aromatic rings. The highest BCUT2D eigenvalue weighted by molar-refractivity contribution is 6.31. The van der Waals surface area contributed by atoms with Crippen LogP contribution in [0.5, 0.6) is 0 Å². The molecular weight excluding hydrogens is 254 g/mol. The Bertz CT molecular complexity index is 497. The average molecular weight is 266 g/mol. The van der Waals surface area contributed by atoms with Crippen LogP contribution in [-0.4, -0.2) is 29.0 Å². The lowest BCUT2D eigenvalue weighted by Gasteiger charge is -2.24. The first-order valence-corrected chi connectivity index (χ1v) is 6.07. The molecule has 18 heavy (non-hydrogen) atoms. The third kappa shape index (κ3) is 2.76. The number of imide groups is 1. The van der Waals surface area contributed by atoms with Crippen LogP contribution in [0.2, 0.25) is 5.02 Å². The number of carbonyl (C=O) groups is 3. The molecule has 0 unspecified atom stereocenters. The number of nitrogens with zero attached hydrogens (tertiary/aromatic N) is 1. The van der Waals surface area contributed by atoms with E-state index in [1.807, 2.05) is 0 Å². The van der Waals surface area contributed by atoms with Gasteiger partial charge in [0, 0.05) is 23.4 Å². The predicted molar refractivity (Wildman–Crippen MR) is 66.4 cm³/mol. The molecule has 0 spiro atoms. The van der Waals surface area contributed by atoms with Crippen molar-refractivity contribution in [2.75, 3.05) is 6.54 Å². The van der Waals surface area contributed by atoms with Crippen LogP contribution in [-0.2, 0) is 9.59 Å². The summed E-state index contributed by atoms with van der Waals surface area (Å²) in [6, 6.07) is 6.47. The summed E-state index contributed by atoms with van der Waals surface area (Å²) < 4.78 is 0. The minimum absolute atomic E-state index is 0.196. The predicted octanol–water partition coefficient (Wildman–Crippen LogP) is 2.06. The molecule has 94 valence electrons. The molecule has 5 heteroatoms. The molecule has 1 aromatic carbocycles. The fourth-order valence-corrected chi connectivity index (χ4v) is 2.06. The van der Waals surface area contributed by atoms with E-state index in [4.69, 9.17) is 11.6 Å². The van der Waals surface area contributed by atoms with Crippen LogP contribution < -0.4 is 0 Å². The zero-order valence-corrected chi connectivity index (χ0v) is 10.4. The second-order valence-electron chi connectivity index (χ2n) is 4.16. The van der Waals surface area contributed by atoms with Gasteiger partial charge in [-0.25, -0.2) is 0 Å². The number of piperidine rings is 1. The number of benzene rings is 1. The van der Waals surface area contributed by atoms with E-state index in [1.54, 1.807) is 18.2 Å². The van der Waals surface area contributed by atoms with Crippen molar-refractivity contribution in [3.05, 3.63) is 34.9 Å². The lowest BCUT2D eigenvalue weighted by molar-refractivity contribution is -0.147. The van der Waals surface area contributed by atoms with Crippen molar-refractivity contribution in [1.29, 1.82) is 0 Å². The van der Waals surface area contributed by atoms with Crippen LogP contribution >= 0.6 is 11.6 Å². The molecule has 2 rings (SSSR count). The number of halogens is 1. The molecule has 0 saturated carbocycles. The molecule has 4 nitrogen and oxygen atoms in total. The summed E-state index contributed by atoms with van der Waals surface area (Å²) in [6.45, 7) is -0.196. The number of carbonyl (C=O) groups excluding carboxylic acids is 3. The molecule has 1 saturated heterocycles. The summed E-state index contributed by atoms with van der Waals surface area (Å²) in [5.41, 5.74) is 0.411. The first-order chi connectivity index (χ1) is 8.58. The highest BCUT2D eigenvalue weighted by Gasteiger charge is 2.27. The summed E-state index contributed by atoms with van der Waals surface area (Å²) in [4.78, 5) is 36.1. The Labute approximate surface area is 110 Å². The lowest BCUT2D eigenvalue weighted by atomic mass is 10.1. The minimum atomic E-state index is -0.277. The van der Waals surface area contributed by atoms with Gasteiger partial charge in [0.25, 0.3) is 0 Å². The third-order valence-electron chi connectivity index (χ3n) is 2.83. The van der Waals surface area contributed by atoms with Gasteiger partial charge in [0.05, 0.1) is 6.54 Å². The molecule has 0 bridgehead atoms. The monoisotopic (exact) mass is 265 g/mol. The van der Waals surface area contributed by atoms with Gasteiger partial charge in [-0.3, -0.25) is 19.3 Å². The SMILES string of the molecule is O=C(CN1C(=O)CCCC1=O)c1cccc(Cl)c1. The maximum Gasteiger partial charge on any atom is 0.229 e. The summed E-state index contributed by atoms with van der Waals surface area (Å²) in [5.74, 6) is -0.829. The Morgan fingerprint density at radius 1 is 1.22 bits per heavy atom. The van der Waals surface area contributed by atoms with Gasteiger partial charge >= 0.3 is 0 Å². The van der Waals surface area contributed by atoms with Crippen molar-refractivity contribution < 1.29 is 14.4 Å². The minimum Gasteiger partial charge on any atom is -0.292 e. The van der Waals surface area contributed by atoms with Crippen LogP contribution in [0, 0.1) is 0 Å². The van der Waals surface area contributed by atoms with Crippen molar-refractivity contribution in [2.24, 2.45) is 0 Å². The molecule has 1 fully saturated rings. The Kier molecular flexibility index (Phi) is 3.77. The van der Waals surface area contributed by atoms with Gasteiger partial charge in [0.15, 0.2) is 5.78 Å². The number of likely N-dealkylation sites (tertiary alicyclic amines) is 1. The van der Waals surface area contributed by atoms with Gasteiger partial charge < -0.3 is 0 Å². The van der Waals surface area contributed by atoms with Gasteiger partial charge in [0.1, 0.15) is 0 Å².